The zero-order chi connectivity index (χ0) is 20.3. The molecule has 1 aromatic heterocycles. The lowest BCUT2D eigenvalue weighted by Gasteiger charge is -2.18. The van der Waals surface area contributed by atoms with Gasteiger partial charge in [-0.2, -0.15) is 5.10 Å². The Hall–Kier alpha value is -2.37. The summed E-state index contributed by atoms with van der Waals surface area (Å²) < 4.78 is 16.2. The number of anilines is 1. The van der Waals surface area contributed by atoms with E-state index in [1.807, 2.05) is 66.9 Å². The number of rotatable bonds is 7. The van der Waals surface area contributed by atoms with Crippen molar-refractivity contribution in [2.24, 2.45) is 0 Å². The number of nitrogens with zero attached hydrogens (tertiary/aromatic N) is 3. The summed E-state index contributed by atoms with van der Waals surface area (Å²) in [5.41, 5.74) is 5.74. The van der Waals surface area contributed by atoms with Gasteiger partial charge in [-0.25, -0.2) is 9.07 Å². The van der Waals surface area contributed by atoms with Crippen molar-refractivity contribution in [2.45, 2.75) is 33.9 Å². The molecule has 0 amide bonds. The lowest BCUT2D eigenvalue weighted by atomic mass is 10.1. The van der Waals surface area contributed by atoms with Crippen molar-refractivity contribution in [1.29, 1.82) is 0 Å². The first-order chi connectivity index (χ1) is 13.4. The molecule has 0 atom stereocenters. The van der Waals surface area contributed by atoms with Crippen molar-refractivity contribution in [3.8, 4) is 5.69 Å². The van der Waals surface area contributed by atoms with Crippen LogP contribution in [0.3, 0.4) is 0 Å². The molecule has 148 valence electrons. The smallest absolute Gasteiger partial charge is 0.146 e. The van der Waals surface area contributed by atoms with Crippen molar-refractivity contribution < 1.29 is 4.39 Å². The molecule has 0 fully saturated rings. The number of benzene rings is 2. The third-order valence-corrected chi connectivity index (χ3v) is 5.29. The molecule has 2 aromatic carbocycles. The van der Waals surface area contributed by atoms with Crippen molar-refractivity contribution in [3.05, 3.63) is 75.8 Å². The van der Waals surface area contributed by atoms with E-state index in [-0.39, 0.29) is 5.82 Å². The molecule has 0 radical (unpaired) electrons. The van der Waals surface area contributed by atoms with Crippen molar-refractivity contribution in [2.75, 3.05) is 18.5 Å². The molecule has 3 aromatic rings. The van der Waals surface area contributed by atoms with Crippen LogP contribution in [0.1, 0.15) is 29.4 Å². The second-order valence-electron chi connectivity index (χ2n) is 6.94. The first-order valence-corrected chi connectivity index (χ1v) is 9.79. The molecule has 28 heavy (non-hydrogen) atoms. The quantitative estimate of drug-likeness (QED) is 0.604. The molecule has 1 N–H and O–H groups in total. The highest BCUT2D eigenvalue weighted by Gasteiger charge is 2.13. The van der Waals surface area contributed by atoms with Gasteiger partial charge in [-0.1, -0.05) is 17.7 Å². The Balaban J connectivity index is 1.68. The summed E-state index contributed by atoms with van der Waals surface area (Å²) in [5.74, 6) is -0.188. The van der Waals surface area contributed by atoms with Gasteiger partial charge in [0.2, 0.25) is 0 Å². The largest absolute Gasteiger partial charge is 0.373 e. The van der Waals surface area contributed by atoms with Crippen LogP contribution in [0.25, 0.3) is 5.69 Å². The van der Waals surface area contributed by atoms with E-state index in [1.54, 1.807) is 6.07 Å². The Morgan fingerprint density at radius 2 is 1.82 bits per heavy atom. The van der Waals surface area contributed by atoms with Crippen LogP contribution in [0.4, 0.5) is 10.1 Å². The third kappa shape index (κ3) is 4.37. The van der Waals surface area contributed by atoms with Gasteiger partial charge in [0, 0.05) is 43.0 Å². The number of hydrogen-bond acceptors (Lipinski definition) is 3. The van der Waals surface area contributed by atoms with E-state index >= 15 is 0 Å². The van der Waals surface area contributed by atoms with Gasteiger partial charge < -0.3 is 10.2 Å². The molecule has 3 rings (SSSR count). The van der Waals surface area contributed by atoms with Gasteiger partial charge in [-0.15, -0.1) is 0 Å². The molecule has 6 heteroatoms. The molecule has 0 bridgehead atoms. The Labute approximate surface area is 170 Å². The Bertz CT molecular complexity index is 950. The van der Waals surface area contributed by atoms with Gasteiger partial charge in [-0.05, 0) is 62.7 Å². The predicted molar refractivity (Wildman–Crippen MR) is 114 cm³/mol. The van der Waals surface area contributed by atoms with Gasteiger partial charge in [-0.3, -0.25) is 0 Å². The van der Waals surface area contributed by atoms with Crippen LogP contribution in [0, 0.1) is 19.7 Å². The van der Waals surface area contributed by atoms with Crippen LogP contribution >= 0.6 is 11.6 Å². The van der Waals surface area contributed by atoms with Gasteiger partial charge in [0.25, 0.3) is 0 Å². The second-order valence-corrected chi connectivity index (χ2v) is 7.38. The van der Waals surface area contributed by atoms with Gasteiger partial charge in [0.1, 0.15) is 5.82 Å². The highest BCUT2D eigenvalue weighted by Crippen LogP contribution is 2.21. The Kier molecular flexibility index (Phi) is 6.37. The van der Waals surface area contributed by atoms with Crippen LogP contribution in [-0.4, -0.2) is 23.4 Å². The molecule has 0 saturated heterocycles. The summed E-state index contributed by atoms with van der Waals surface area (Å²) in [6.07, 6.45) is 0. The summed E-state index contributed by atoms with van der Waals surface area (Å²) in [6.45, 7) is 8.10. The fourth-order valence-electron chi connectivity index (χ4n) is 3.24. The van der Waals surface area contributed by atoms with Crippen molar-refractivity contribution >= 4 is 17.3 Å². The summed E-state index contributed by atoms with van der Waals surface area (Å²) >= 11 is 5.98. The van der Waals surface area contributed by atoms with E-state index in [0.29, 0.717) is 23.8 Å². The highest BCUT2D eigenvalue weighted by molar-refractivity contribution is 6.30. The fraction of sp³-hybridized carbons (Fsp3) is 0.318. The molecule has 0 spiro atoms. The van der Waals surface area contributed by atoms with Gasteiger partial charge in [0.15, 0.2) is 0 Å². The molecule has 4 nitrogen and oxygen atoms in total. The molecular formula is C22H26ClFN4. The Morgan fingerprint density at radius 3 is 2.46 bits per heavy atom. The van der Waals surface area contributed by atoms with Gasteiger partial charge >= 0.3 is 0 Å². The zero-order valence-electron chi connectivity index (χ0n) is 16.8. The monoisotopic (exact) mass is 400 g/mol. The number of hydrogen-bond donors (Lipinski definition) is 1. The maximum Gasteiger partial charge on any atom is 0.146 e. The third-order valence-electron chi connectivity index (χ3n) is 5.04. The Morgan fingerprint density at radius 1 is 1.11 bits per heavy atom. The predicted octanol–water partition coefficient (Wildman–Crippen LogP) is 5.03. The molecule has 0 unspecified atom stereocenters. The van der Waals surface area contributed by atoms with E-state index in [4.69, 9.17) is 11.6 Å². The first-order valence-electron chi connectivity index (χ1n) is 9.42. The van der Waals surface area contributed by atoms with Crippen LogP contribution in [0.5, 0.6) is 0 Å². The maximum atomic E-state index is 14.3. The number of nitrogens with one attached hydrogen (secondary N) is 1. The molecule has 0 aliphatic rings. The van der Waals surface area contributed by atoms with Gasteiger partial charge in [0.05, 0.1) is 17.1 Å². The maximum absolute atomic E-state index is 14.3. The molecule has 0 aliphatic heterocycles. The topological polar surface area (TPSA) is 33.1 Å². The van der Waals surface area contributed by atoms with E-state index < -0.39 is 0 Å². The number of aromatic nitrogens is 2. The van der Waals surface area contributed by atoms with Crippen LogP contribution in [0.15, 0.2) is 42.5 Å². The van der Waals surface area contributed by atoms with Crippen molar-refractivity contribution in [3.63, 3.8) is 0 Å². The molecule has 0 saturated carbocycles. The second kappa shape index (κ2) is 8.76. The minimum absolute atomic E-state index is 0.188. The minimum Gasteiger partial charge on any atom is -0.373 e. The standard InChI is InChI=1S/C22H26ClFN4/c1-5-27(4)22-11-6-17(12-21(22)24)13-25-14-20-15(2)26-28(16(20)3)19-9-7-18(23)8-10-19/h6-12,25H,5,13-14H2,1-4H3. The zero-order valence-corrected chi connectivity index (χ0v) is 17.5. The minimum atomic E-state index is -0.188. The van der Waals surface area contributed by atoms with Crippen molar-refractivity contribution in [1.82, 2.24) is 15.1 Å². The van der Waals surface area contributed by atoms with E-state index in [9.17, 15) is 4.39 Å². The molecule has 1 heterocycles. The average Bonchev–Trinajstić information content (AvgIpc) is 2.96. The van der Waals surface area contributed by atoms with E-state index in [2.05, 4.69) is 17.3 Å². The molecule has 0 aliphatic carbocycles. The SMILES string of the molecule is CCN(C)c1ccc(CNCc2c(C)nn(-c3ccc(Cl)cc3)c2C)cc1F. The summed E-state index contributed by atoms with van der Waals surface area (Å²) in [6, 6.07) is 13.0. The average molecular weight is 401 g/mol. The van der Waals surface area contributed by atoms with Crippen LogP contribution in [0.2, 0.25) is 5.02 Å². The molecular weight excluding hydrogens is 375 g/mol. The summed E-state index contributed by atoms with van der Waals surface area (Å²) in [7, 11) is 1.89. The van der Waals surface area contributed by atoms with E-state index in [1.165, 1.54) is 0 Å². The lowest BCUT2D eigenvalue weighted by molar-refractivity contribution is 0.616. The summed E-state index contributed by atoms with van der Waals surface area (Å²) in [4.78, 5) is 1.89. The number of aryl methyl sites for hydroxylation is 1. The number of halogens is 2. The lowest BCUT2D eigenvalue weighted by Crippen LogP contribution is -2.18. The fourth-order valence-corrected chi connectivity index (χ4v) is 3.36. The highest BCUT2D eigenvalue weighted by atomic mass is 35.5. The van der Waals surface area contributed by atoms with Crippen LogP contribution < -0.4 is 10.2 Å². The first kappa shape index (κ1) is 20.4. The van der Waals surface area contributed by atoms with Crippen LogP contribution in [-0.2, 0) is 13.1 Å². The van der Waals surface area contributed by atoms with E-state index in [0.717, 1.165) is 34.7 Å². The summed E-state index contributed by atoms with van der Waals surface area (Å²) in [5, 5.41) is 8.77. The normalized spacial score (nSPS) is 11.1.